The van der Waals surface area contributed by atoms with E-state index in [1.807, 2.05) is 0 Å². The van der Waals surface area contributed by atoms with E-state index >= 15 is 0 Å². The summed E-state index contributed by atoms with van der Waals surface area (Å²) in [6.07, 6.45) is -9.08. The summed E-state index contributed by atoms with van der Waals surface area (Å²) < 4.78 is 110. The molecule has 1 aliphatic heterocycles. The van der Waals surface area contributed by atoms with E-state index in [1.165, 1.54) is 41.3 Å². The summed E-state index contributed by atoms with van der Waals surface area (Å²) in [4.78, 5) is 15.6. The smallest absolute Gasteiger partial charge is 0.416 e. The van der Waals surface area contributed by atoms with Crippen LogP contribution in [0.2, 0.25) is 0 Å². The minimum Gasteiger partial charge on any atom is -0.484 e. The fraction of sp³-hybridized carbons (Fsp3) is 0.269. The van der Waals surface area contributed by atoms with Crippen molar-refractivity contribution in [2.75, 3.05) is 42.4 Å². The first kappa shape index (κ1) is 29.1. The van der Waals surface area contributed by atoms with Gasteiger partial charge in [-0.15, -0.1) is 0 Å². The second-order valence-electron chi connectivity index (χ2n) is 8.86. The van der Waals surface area contributed by atoms with Gasteiger partial charge in [0.1, 0.15) is 5.75 Å². The quantitative estimate of drug-likeness (QED) is 0.382. The van der Waals surface area contributed by atoms with Crippen molar-refractivity contribution in [1.29, 1.82) is 0 Å². The Balaban J connectivity index is 1.29. The highest BCUT2D eigenvalue weighted by Gasteiger charge is 2.32. The van der Waals surface area contributed by atoms with Crippen LogP contribution in [-0.4, -0.2) is 52.0 Å². The third kappa shape index (κ3) is 7.17. The molecule has 0 aromatic heterocycles. The van der Waals surface area contributed by atoms with E-state index in [9.17, 15) is 39.6 Å². The zero-order valence-electron chi connectivity index (χ0n) is 20.7. The normalized spacial score (nSPS) is 14.7. The van der Waals surface area contributed by atoms with Crippen molar-refractivity contribution >= 4 is 27.3 Å². The molecule has 0 unspecified atom stereocenters. The summed E-state index contributed by atoms with van der Waals surface area (Å²) in [5.41, 5.74) is -1.59. The standard InChI is InChI=1S/C26H23F6N3O4S/c27-25(28,29)18-3-1-5-20(15-18)33-40(37,38)23-9-7-22(8-10-23)39-17-24(36)35-13-11-34(12-14-35)21-6-2-4-19(16-21)26(30,31)32/h1-10,15-16,33H,11-14,17H2. The molecule has 0 atom stereocenters. The number of hydrogen-bond acceptors (Lipinski definition) is 5. The van der Waals surface area contributed by atoms with Crippen LogP contribution in [0.4, 0.5) is 37.7 Å². The summed E-state index contributed by atoms with van der Waals surface area (Å²) in [6, 6.07) is 13.7. The van der Waals surface area contributed by atoms with Gasteiger partial charge in [0.25, 0.3) is 15.9 Å². The van der Waals surface area contributed by atoms with Gasteiger partial charge in [-0.05, 0) is 60.7 Å². The van der Waals surface area contributed by atoms with Crippen LogP contribution in [0, 0.1) is 0 Å². The van der Waals surface area contributed by atoms with Crippen molar-refractivity contribution in [2.45, 2.75) is 17.2 Å². The van der Waals surface area contributed by atoms with E-state index in [4.69, 9.17) is 4.74 Å². The zero-order chi connectivity index (χ0) is 29.1. The fourth-order valence-electron chi connectivity index (χ4n) is 4.02. The number of nitrogens with zero attached hydrogens (tertiary/aromatic N) is 2. The van der Waals surface area contributed by atoms with Crippen LogP contribution in [0.3, 0.4) is 0 Å². The van der Waals surface area contributed by atoms with Gasteiger partial charge in [0.2, 0.25) is 0 Å². The molecule has 3 aromatic rings. The molecule has 1 amide bonds. The summed E-state index contributed by atoms with van der Waals surface area (Å²) >= 11 is 0. The average Bonchev–Trinajstić information content (AvgIpc) is 2.91. The van der Waals surface area contributed by atoms with Gasteiger partial charge >= 0.3 is 12.4 Å². The van der Waals surface area contributed by atoms with E-state index in [-0.39, 0.29) is 41.9 Å². The number of hydrogen-bond donors (Lipinski definition) is 1. The number of alkyl halides is 6. The molecule has 1 aliphatic rings. The summed E-state index contributed by atoms with van der Waals surface area (Å²) in [5.74, 6) is -0.166. The number of anilines is 2. The maximum Gasteiger partial charge on any atom is 0.416 e. The van der Waals surface area contributed by atoms with E-state index < -0.39 is 33.5 Å². The Morgan fingerprint density at radius 2 is 1.38 bits per heavy atom. The lowest BCUT2D eigenvalue weighted by atomic mass is 10.1. The van der Waals surface area contributed by atoms with E-state index in [0.29, 0.717) is 24.8 Å². The van der Waals surface area contributed by atoms with Gasteiger partial charge in [-0.2, -0.15) is 26.3 Å². The molecular formula is C26H23F6N3O4S. The van der Waals surface area contributed by atoms with Crippen molar-refractivity contribution in [3.63, 3.8) is 0 Å². The molecule has 7 nitrogen and oxygen atoms in total. The van der Waals surface area contributed by atoms with Crippen molar-refractivity contribution in [3.8, 4) is 5.75 Å². The van der Waals surface area contributed by atoms with Crippen LogP contribution in [0.5, 0.6) is 5.75 Å². The molecular weight excluding hydrogens is 564 g/mol. The number of carbonyl (C=O) groups is 1. The predicted molar refractivity (Wildman–Crippen MR) is 134 cm³/mol. The molecule has 0 bridgehead atoms. The molecule has 1 N–H and O–H groups in total. The Morgan fingerprint density at radius 3 is 1.98 bits per heavy atom. The Kier molecular flexibility index (Phi) is 8.19. The number of carbonyl (C=O) groups excluding carboxylic acids is 1. The Morgan fingerprint density at radius 1 is 0.800 bits per heavy atom. The first-order valence-corrected chi connectivity index (χ1v) is 13.3. The molecule has 40 heavy (non-hydrogen) atoms. The Bertz CT molecular complexity index is 1450. The lowest BCUT2D eigenvalue weighted by Crippen LogP contribution is -2.50. The maximum absolute atomic E-state index is 13.0. The largest absolute Gasteiger partial charge is 0.484 e. The fourth-order valence-corrected chi connectivity index (χ4v) is 5.07. The van der Waals surface area contributed by atoms with Gasteiger partial charge in [0, 0.05) is 37.6 Å². The molecule has 3 aromatic carbocycles. The maximum atomic E-state index is 13.0. The number of piperazine rings is 1. The SMILES string of the molecule is O=C(COc1ccc(S(=O)(=O)Nc2cccc(C(F)(F)F)c2)cc1)N1CCN(c2cccc(C(F)(F)F)c2)CC1. The van der Waals surface area contributed by atoms with Gasteiger partial charge in [-0.1, -0.05) is 12.1 Å². The molecule has 0 radical (unpaired) electrons. The Labute approximate surface area is 226 Å². The molecule has 0 aliphatic carbocycles. The molecule has 4 rings (SSSR count). The third-order valence-corrected chi connectivity index (χ3v) is 7.51. The Hall–Kier alpha value is -3.94. The zero-order valence-corrected chi connectivity index (χ0v) is 21.5. The third-order valence-electron chi connectivity index (χ3n) is 6.11. The van der Waals surface area contributed by atoms with Crippen LogP contribution in [-0.2, 0) is 27.2 Å². The molecule has 0 spiro atoms. The highest BCUT2D eigenvalue weighted by molar-refractivity contribution is 7.92. The topological polar surface area (TPSA) is 78.9 Å². The molecule has 1 saturated heterocycles. The van der Waals surface area contributed by atoms with Crippen LogP contribution >= 0.6 is 0 Å². The minimum absolute atomic E-state index is 0.189. The van der Waals surface area contributed by atoms with Crippen molar-refractivity contribution in [3.05, 3.63) is 83.9 Å². The second kappa shape index (κ2) is 11.3. The molecule has 1 heterocycles. The van der Waals surface area contributed by atoms with Crippen molar-refractivity contribution in [1.82, 2.24) is 4.90 Å². The summed E-state index contributed by atoms with van der Waals surface area (Å²) in [7, 11) is -4.19. The van der Waals surface area contributed by atoms with E-state index in [1.54, 1.807) is 11.0 Å². The lowest BCUT2D eigenvalue weighted by molar-refractivity contribution is -0.138. The molecule has 0 saturated carbocycles. The lowest BCUT2D eigenvalue weighted by Gasteiger charge is -2.36. The van der Waals surface area contributed by atoms with Gasteiger partial charge in [0.15, 0.2) is 6.61 Å². The highest BCUT2D eigenvalue weighted by atomic mass is 32.2. The second-order valence-corrected chi connectivity index (χ2v) is 10.5. The van der Waals surface area contributed by atoms with Crippen LogP contribution < -0.4 is 14.4 Å². The number of nitrogens with one attached hydrogen (secondary N) is 1. The van der Waals surface area contributed by atoms with Gasteiger partial charge in [0.05, 0.1) is 16.0 Å². The molecule has 214 valence electrons. The van der Waals surface area contributed by atoms with Gasteiger partial charge in [-0.25, -0.2) is 8.42 Å². The van der Waals surface area contributed by atoms with Crippen molar-refractivity contribution in [2.24, 2.45) is 0 Å². The monoisotopic (exact) mass is 587 g/mol. The average molecular weight is 588 g/mol. The first-order chi connectivity index (χ1) is 18.7. The van der Waals surface area contributed by atoms with Crippen LogP contribution in [0.15, 0.2) is 77.7 Å². The van der Waals surface area contributed by atoms with Gasteiger partial charge < -0.3 is 14.5 Å². The van der Waals surface area contributed by atoms with E-state index in [2.05, 4.69) is 4.72 Å². The number of ether oxygens (including phenoxy) is 1. The molecule has 14 heteroatoms. The van der Waals surface area contributed by atoms with Crippen LogP contribution in [0.25, 0.3) is 0 Å². The number of sulfonamides is 1. The summed E-state index contributed by atoms with van der Waals surface area (Å²) in [5, 5.41) is 0. The molecule has 1 fully saturated rings. The number of halogens is 6. The highest BCUT2D eigenvalue weighted by Crippen LogP contribution is 2.33. The van der Waals surface area contributed by atoms with E-state index in [0.717, 1.165) is 24.3 Å². The van der Waals surface area contributed by atoms with Crippen molar-refractivity contribution < 1.29 is 44.3 Å². The number of rotatable bonds is 7. The predicted octanol–water partition coefficient (Wildman–Crippen LogP) is 5.25. The van der Waals surface area contributed by atoms with Gasteiger partial charge in [-0.3, -0.25) is 9.52 Å². The van der Waals surface area contributed by atoms with Crippen LogP contribution in [0.1, 0.15) is 11.1 Å². The summed E-state index contributed by atoms with van der Waals surface area (Å²) in [6.45, 7) is 0.864. The number of benzene rings is 3. The minimum atomic E-state index is -4.63. The first-order valence-electron chi connectivity index (χ1n) is 11.9. The number of amides is 1.